The quantitative estimate of drug-likeness (QED) is 0.871. The van der Waals surface area contributed by atoms with Crippen LogP contribution in [0.1, 0.15) is 51.6 Å². The number of rotatable bonds is 5. The van der Waals surface area contributed by atoms with E-state index in [2.05, 4.69) is 30.1 Å². The second-order valence-electron chi connectivity index (χ2n) is 5.79. The Balaban J connectivity index is 2.21. The highest BCUT2D eigenvalue weighted by Crippen LogP contribution is 2.32. The first-order valence-corrected chi connectivity index (χ1v) is 7.94. The van der Waals surface area contributed by atoms with Crippen molar-refractivity contribution in [3.63, 3.8) is 0 Å². The van der Waals surface area contributed by atoms with E-state index in [0.717, 1.165) is 36.8 Å². The lowest BCUT2D eigenvalue weighted by molar-refractivity contribution is 0.393. The molecule has 0 aliphatic carbocycles. The smallest absolute Gasteiger partial charge is 0.130 e. The van der Waals surface area contributed by atoms with Gasteiger partial charge in [0.05, 0.1) is 0 Å². The van der Waals surface area contributed by atoms with E-state index < -0.39 is 0 Å². The molecule has 3 heteroatoms. The highest BCUT2D eigenvalue weighted by molar-refractivity contribution is 5.55. The van der Waals surface area contributed by atoms with Gasteiger partial charge in [-0.25, -0.2) is 4.39 Å². The van der Waals surface area contributed by atoms with Crippen molar-refractivity contribution in [3.8, 4) is 0 Å². The van der Waals surface area contributed by atoms with Crippen LogP contribution in [0.3, 0.4) is 0 Å². The van der Waals surface area contributed by atoms with Crippen molar-refractivity contribution in [2.24, 2.45) is 5.92 Å². The number of hydrogen-bond donors (Lipinski definition) is 1. The largest absolute Gasteiger partial charge is 0.371 e. The van der Waals surface area contributed by atoms with Gasteiger partial charge in [0.1, 0.15) is 5.82 Å². The minimum Gasteiger partial charge on any atom is -0.371 e. The van der Waals surface area contributed by atoms with Crippen molar-refractivity contribution in [2.45, 2.75) is 46.1 Å². The molecule has 1 aliphatic rings. The first kappa shape index (κ1) is 15.3. The molecule has 1 fully saturated rings. The molecule has 1 aliphatic heterocycles. The lowest BCUT2D eigenvalue weighted by atomic mass is 9.93. The van der Waals surface area contributed by atoms with E-state index in [1.165, 1.54) is 19.3 Å². The Morgan fingerprint density at radius 1 is 1.30 bits per heavy atom. The van der Waals surface area contributed by atoms with Crippen LogP contribution in [0.25, 0.3) is 0 Å². The van der Waals surface area contributed by atoms with Gasteiger partial charge in [0.25, 0.3) is 0 Å². The van der Waals surface area contributed by atoms with E-state index >= 15 is 0 Å². The first-order valence-electron chi connectivity index (χ1n) is 7.94. The molecule has 0 radical (unpaired) electrons. The van der Waals surface area contributed by atoms with Crippen molar-refractivity contribution < 1.29 is 4.39 Å². The van der Waals surface area contributed by atoms with E-state index in [1.54, 1.807) is 6.07 Å². The lowest BCUT2D eigenvalue weighted by Crippen LogP contribution is -2.35. The molecule has 0 bridgehead atoms. The second kappa shape index (κ2) is 7.07. The fraction of sp³-hybridized carbons (Fsp3) is 0.647. The number of nitrogens with one attached hydrogen (secondary N) is 1. The van der Waals surface area contributed by atoms with E-state index in [4.69, 9.17) is 0 Å². The van der Waals surface area contributed by atoms with Gasteiger partial charge < -0.3 is 10.2 Å². The van der Waals surface area contributed by atoms with E-state index in [-0.39, 0.29) is 11.9 Å². The molecular formula is C17H27FN2. The zero-order chi connectivity index (χ0) is 14.5. The summed E-state index contributed by atoms with van der Waals surface area (Å²) in [6.07, 6.45) is 3.71. The molecule has 2 rings (SSSR count). The maximum Gasteiger partial charge on any atom is 0.130 e. The monoisotopic (exact) mass is 278 g/mol. The summed E-state index contributed by atoms with van der Waals surface area (Å²) in [6.45, 7) is 9.32. The summed E-state index contributed by atoms with van der Waals surface area (Å²) in [5.74, 6) is 0.753. The number of piperidine rings is 1. The van der Waals surface area contributed by atoms with Gasteiger partial charge in [-0.2, -0.15) is 0 Å². The normalized spacial score (nSPS) is 18.3. The molecular weight excluding hydrogens is 251 g/mol. The Labute approximate surface area is 122 Å². The van der Waals surface area contributed by atoms with Gasteiger partial charge in [-0.05, 0) is 44.4 Å². The lowest BCUT2D eigenvalue weighted by Gasteiger charge is -2.35. The zero-order valence-electron chi connectivity index (χ0n) is 13.0. The van der Waals surface area contributed by atoms with Crippen LogP contribution in [0.4, 0.5) is 10.1 Å². The van der Waals surface area contributed by atoms with Gasteiger partial charge in [-0.1, -0.05) is 26.3 Å². The van der Waals surface area contributed by atoms with Crippen molar-refractivity contribution in [1.29, 1.82) is 0 Å². The molecule has 1 atom stereocenters. The zero-order valence-corrected chi connectivity index (χ0v) is 13.0. The number of anilines is 1. The molecule has 0 saturated carbocycles. The molecule has 1 heterocycles. The summed E-state index contributed by atoms with van der Waals surface area (Å²) < 4.78 is 14.3. The average molecular weight is 278 g/mol. The van der Waals surface area contributed by atoms with Crippen LogP contribution in [0, 0.1) is 11.7 Å². The average Bonchev–Trinajstić information content (AvgIpc) is 2.47. The topological polar surface area (TPSA) is 15.3 Å². The van der Waals surface area contributed by atoms with Crippen molar-refractivity contribution in [1.82, 2.24) is 5.32 Å². The Bertz CT molecular complexity index is 425. The molecule has 0 amide bonds. The fourth-order valence-corrected chi connectivity index (χ4v) is 3.22. The molecule has 112 valence electrons. The molecule has 20 heavy (non-hydrogen) atoms. The van der Waals surface area contributed by atoms with Crippen LogP contribution >= 0.6 is 0 Å². The van der Waals surface area contributed by atoms with Gasteiger partial charge >= 0.3 is 0 Å². The summed E-state index contributed by atoms with van der Waals surface area (Å²) in [7, 11) is 0. The Kier molecular flexibility index (Phi) is 5.41. The van der Waals surface area contributed by atoms with Crippen LogP contribution < -0.4 is 10.2 Å². The maximum atomic E-state index is 14.3. The van der Waals surface area contributed by atoms with Crippen molar-refractivity contribution in [2.75, 3.05) is 24.5 Å². The molecule has 1 aromatic carbocycles. The van der Waals surface area contributed by atoms with E-state index in [1.807, 2.05) is 13.0 Å². The molecule has 1 saturated heterocycles. The molecule has 1 unspecified atom stereocenters. The number of halogens is 1. The van der Waals surface area contributed by atoms with Crippen LogP contribution in [-0.4, -0.2) is 19.6 Å². The number of nitrogens with zero attached hydrogens (tertiary/aromatic N) is 1. The summed E-state index contributed by atoms with van der Waals surface area (Å²) in [6, 6.07) is 5.53. The summed E-state index contributed by atoms with van der Waals surface area (Å²) in [5, 5.41) is 3.34. The van der Waals surface area contributed by atoms with Crippen molar-refractivity contribution >= 4 is 5.69 Å². The second-order valence-corrected chi connectivity index (χ2v) is 5.79. The van der Waals surface area contributed by atoms with E-state index in [0.29, 0.717) is 0 Å². The maximum absolute atomic E-state index is 14.3. The number of hydrogen-bond acceptors (Lipinski definition) is 2. The highest BCUT2D eigenvalue weighted by Gasteiger charge is 2.23. The molecule has 1 aromatic rings. The van der Waals surface area contributed by atoms with Crippen LogP contribution in [0.2, 0.25) is 0 Å². The molecule has 2 nitrogen and oxygen atoms in total. The SMILES string of the molecule is CCNC(C)c1c(F)cccc1N1CCC(CC)CC1. The third-order valence-electron chi connectivity index (χ3n) is 4.51. The third-order valence-corrected chi connectivity index (χ3v) is 4.51. The van der Waals surface area contributed by atoms with Crippen LogP contribution in [0.5, 0.6) is 0 Å². The molecule has 1 N–H and O–H groups in total. The standard InChI is InChI=1S/C17H27FN2/c1-4-14-9-11-20(12-10-14)16-8-6-7-15(18)17(16)13(3)19-5-2/h6-8,13-14,19H,4-5,9-12H2,1-3H3. The van der Waals surface area contributed by atoms with E-state index in [9.17, 15) is 4.39 Å². The predicted molar refractivity (Wildman–Crippen MR) is 83.7 cm³/mol. The molecule has 0 spiro atoms. The summed E-state index contributed by atoms with van der Waals surface area (Å²) >= 11 is 0. The predicted octanol–water partition coefficient (Wildman–Crippen LogP) is 4.12. The van der Waals surface area contributed by atoms with Gasteiger partial charge in [0.15, 0.2) is 0 Å². The first-order chi connectivity index (χ1) is 9.67. The third kappa shape index (κ3) is 3.32. The van der Waals surface area contributed by atoms with Crippen LogP contribution in [0.15, 0.2) is 18.2 Å². The highest BCUT2D eigenvalue weighted by atomic mass is 19.1. The van der Waals surface area contributed by atoms with Gasteiger partial charge in [0, 0.05) is 30.4 Å². The van der Waals surface area contributed by atoms with Crippen molar-refractivity contribution in [3.05, 3.63) is 29.6 Å². The molecule has 0 aromatic heterocycles. The fourth-order valence-electron chi connectivity index (χ4n) is 3.22. The summed E-state index contributed by atoms with van der Waals surface area (Å²) in [4.78, 5) is 2.36. The summed E-state index contributed by atoms with van der Waals surface area (Å²) in [5.41, 5.74) is 1.90. The van der Waals surface area contributed by atoms with Gasteiger partial charge in [0.2, 0.25) is 0 Å². The number of benzene rings is 1. The minimum atomic E-state index is -0.0893. The van der Waals surface area contributed by atoms with Crippen LogP contribution in [-0.2, 0) is 0 Å². The van der Waals surface area contributed by atoms with Gasteiger partial charge in [-0.3, -0.25) is 0 Å². The minimum absolute atomic E-state index is 0.0556. The Hall–Kier alpha value is -1.09. The van der Waals surface area contributed by atoms with Gasteiger partial charge in [-0.15, -0.1) is 0 Å². The Morgan fingerprint density at radius 3 is 2.60 bits per heavy atom. The Morgan fingerprint density at radius 2 is 2.00 bits per heavy atom.